The molecule has 180 valence electrons. The fourth-order valence-electron chi connectivity index (χ4n) is 3.58. The fourth-order valence-corrected chi connectivity index (χ4v) is 4.49. The standard InChI is InChI=1S/C26H23F2N3O3S/c1-3-14(2)23(25(33)34)31-24(32)16-6-4-15(5-7-16)17-8-10-20(19(28)12-17)29-26-30-21-11-9-18(27)13-22(21)35-26/h4-14,23H,3H2,1-2H3,(H,29,30)(H,31,32)(H,33,34)/t14?,23-/m0/s1. The normalized spacial score (nSPS) is 12.8. The van der Waals surface area contributed by atoms with Gasteiger partial charge in [0.2, 0.25) is 0 Å². The quantitative estimate of drug-likeness (QED) is 0.270. The summed E-state index contributed by atoms with van der Waals surface area (Å²) in [5.74, 6) is -2.62. The maximum absolute atomic E-state index is 14.8. The Kier molecular flexibility index (Phi) is 7.07. The van der Waals surface area contributed by atoms with E-state index in [4.69, 9.17) is 0 Å². The molecule has 6 nitrogen and oxygen atoms in total. The summed E-state index contributed by atoms with van der Waals surface area (Å²) in [5.41, 5.74) is 2.47. The lowest BCUT2D eigenvalue weighted by molar-refractivity contribution is -0.140. The van der Waals surface area contributed by atoms with E-state index in [1.54, 1.807) is 49.4 Å². The number of anilines is 2. The van der Waals surface area contributed by atoms with E-state index >= 15 is 0 Å². The van der Waals surface area contributed by atoms with Gasteiger partial charge in [0.1, 0.15) is 17.7 Å². The molecule has 9 heteroatoms. The number of halogens is 2. The highest BCUT2D eigenvalue weighted by Gasteiger charge is 2.25. The second kappa shape index (κ2) is 10.2. The number of aromatic nitrogens is 1. The fraction of sp³-hybridized carbons (Fsp3) is 0.192. The van der Waals surface area contributed by atoms with Crippen LogP contribution in [0.2, 0.25) is 0 Å². The minimum atomic E-state index is -1.08. The predicted octanol–water partition coefficient (Wildman–Crippen LogP) is 6.21. The van der Waals surface area contributed by atoms with Gasteiger partial charge in [-0.05, 0) is 59.5 Å². The van der Waals surface area contributed by atoms with Crippen LogP contribution in [0.4, 0.5) is 19.6 Å². The molecule has 35 heavy (non-hydrogen) atoms. The number of carboxylic acid groups (broad SMARTS) is 1. The Labute approximate surface area is 204 Å². The molecule has 1 unspecified atom stereocenters. The Morgan fingerprint density at radius 1 is 1.03 bits per heavy atom. The number of fused-ring (bicyclic) bond motifs is 1. The maximum Gasteiger partial charge on any atom is 0.326 e. The van der Waals surface area contributed by atoms with Crippen LogP contribution in [0.1, 0.15) is 30.6 Å². The van der Waals surface area contributed by atoms with Crippen LogP contribution in [-0.2, 0) is 4.79 Å². The smallest absolute Gasteiger partial charge is 0.326 e. The molecule has 4 rings (SSSR count). The van der Waals surface area contributed by atoms with Gasteiger partial charge in [-0.25, -0.2) is 18.6 Å². The summed E-state index contributed by atoms with van der Waals surface area (Å²) < 4.78 is 28.9. The third-order valence-corrected chi connectivity index (χ3v) is 6.74. The van der Waals surface area contributed by atoms with Crippen LogP contribution >= 0.6 is 11.3 Å². The molecule has 3 aromatic carbocycles. The minimum Gasteiger partial charge on any atom is -0.480 e. The average molecular weight is 496 g/mol. The van der Waals surface area contributed by atoms with Crippen molar-refractivity contribution in [1.29, 1.82) is 0 Å². The molecule has 1 aromatic heterocycles. The van der Waals surface area contributed by atoms with E-state index < -0.39 is 23.7 Å². The number of benzene rings is 3. The molecule has 0 aliphatic heterocycles. The van der Waals surface area contributed by atoms with Crippen LogP contribution in [0.3, 0.4) is 0 Å². The number of nitrogens with one attached hydrogen (secondary N) is 2. The van der Waals surface area contributed by atoms with Gasteiger partial charge in [0, 0.05) is 5.56 Å². The van der Waals surface area contributed by atoms with Gasteiger partial charge in [-0.1, -0.05) is 49.8 Å². The first-order chi connectivity index (χ1) is 16.7. The first kappa shape index (κ1) is 24.3. The number of amides is 1. The van der Waals surface area contributed by atoms with Crippen molar-refractivity contribution in [3.8, 4) is 11.1 Å². The van der Waals surface area contributed by atoms with Gasteiger partial charge in [0.25, 0.3) is 5.91 Å². The van der Waals surface area contributed by atoms with Crippen molar-refractivity contribution in [3.63, 3.8) is 0 Å². The van der Waals surface area contributed by atoms with Crippen LogP contribution in [0, 0.1) is 17.6 Å². The Morgan fingerprint density at radius 3 is 2.40 bits per heavy atom. The second-order valence-electron chi connectivity index (χ2n) is 8.20. The SMILES string of the molecule is CCC(C)[C@H](NC(=O)c1ccc(-c2ccc(Nc3nc4ccc(F)cc4s3)c(F)c2)cc1)C(=O)O. The van der Waals surface area contributed by atoms with E-state index in [2.05, 4.69) is 15.6 Å². The highest BCUT2D eigenvalue weighted by molar-refractivity contribution is 7.22. The molecule has 0 fully saturated rings. The zero-order valence-corrected chi connectivity index (χ0v) is 19.8. The van der Waals surface area contributed by atoms with E-state index in [1.807, 2.05) is 6.92 Å². The zero-order chi connectivity index (χ0) is 25.1. The number of carbonyl (C=O) groups excluding carboxylic acids is 1. The Morgan fingerprint density at radius 2 is 1.74 bits per heavy atom. The monoisotopic (exact) mass is 495 g/mol. The number of hydrogen-bond donors (Lipinski definition) is 3. The molecule has 0 aliphatic carbocycles. The van der Waals surface area contributed by atoms with Crippen LogP contribution in [0.15, 0.2) is 60.7 Å². The van der Waals surface area contributed by atoms with Gasteiger partial charge in [-0.3, -0.25) is 4.79 Å². The average Bonchev–Trinajstić information content (AvgIpc) is 3.24. The topological polar surface area (TPSA) is 91.3 Å². The van der Waals surface area contributed by atoms with Gasteiger partial charge in [0.15, 0.2) is 5.13 Å². The van der Waals surface area contributed by atoms with Crippen molar-refractivity contribution >= 4 is 44.2 Å². The molecule has 3 N–H and O–H groups in total. The molecule has 0 saturated heterocycles. The molecule has 0 bridgehead atoms. The van der Waals surface area contributed by atoms with Gasteiger partial charge >= 0.3 is 5.97 Å². The van der Waals surface area contributed by atoms with Crippen molar-refractivity contribution < 1.29 is 23.5 Å². The molecule has 0 spiro atoms. The van der Waals surface area contributed by atoms with Crippen LogP contribution in [0.5, 0.6) is 0 Å². The lowest BCUT2D eigenvalue weighted by Crippen LogP contribution is -2.45. The first-order valence-corrected chi connectivity index (χ1v) is 11.8. The summed E-state index contributed by atoms with van der Waals surface area (Å²) in [6, 6.07) is 14.5. The van der Waals surface area contributed by atoms with Crippen molar-refractivity contribution in [2.75, 3.05) is 5.32 Å². The molecule has 1 amide bonds. The van der Waals surface area contributed by atoms with E-state index in [0.29, 0.717) is 38.5 Å². The molecule has 0 radical (unpaired) electrons. The van der Waals surface area contributed by atoms with Crippen LogP contribution in [-0.4, -0.2) is 28.0 Å². The highest BCUT2D eigenvalue weighted by atomic mass is 32.1. The summed E-state index contributed by atoms with van der Waals surface area (Å²) >= 11 is 1.23. The Hall–Kier alpha value is -3.85. The van der Waals surface area contributed by atoms with Crippen LogP contribution in [0.25, 0.3) is 21.3 Å². The van der Waals surface area contributed by atoms with Crippen molar-refractivity contribution in [3.05, 3.63) is 77.9 Å². The number of carbonyl (C=O) groups is 2. The summed E-state index contributed by atoms with van der Waals surface area (Å²) in [7, 11) is 0. The maximum atomic E-state index is 14.8. The Bertz CT molecular complexity index is 1390. The molecule has 0 saturated carbocycles. The largest absolute Gasteiger partial charge is 0.480 e. The molecule has 4 aromatic rings. The van der Waals surface area contributed by atoms with Crippen LogP contribution < -0.4 is 10.6 Å². The summed E-state index contributed by atoms with van der Waals surface area (Å²) in [6.07, 6.45) is 0.615. The number of thiazole rings is 1. The number of nitrogens with zero attached hydrogens (tertiary/aromatic N) is 1. The van der Waals surface area contributed by atoms with Gasteiger partial charge in [-0.15, -0.1) is 0 Å². The second-order valence-corrected chi connectivity index (χ2v) is 9.23. The predicted molar refractivity (Wildman–Crippen MR) is 133 cm³/mol. The van der Waals surface area contributed by atoms with Gasteiger partial charge in [-0.2, -0.15) is 0 Å². The molecule has 0 aliphatic rings. The Balaban J connectivity index is 1.48. The highest BCUT2D eigenvalue weighted by Crippen LogP contribution is 2.31. The van der Waals surface area contributed by atoms with Gasteiger partial charge in [0.05, 0.1) is 15.9 Å². The lowest BCUT2D eigenvalue weighted by Gasteiger charge is -2.20. The third kappa shape index (κ3) is 5.46. The van der Waals surface area contributed by atoms with Crippen molar-refractivity contribution in [1.82, 2.24) is 10.3 Å². The number of carboxylic acids is 1. The van der Waals surface area contributed by atoms with Crippen molar-refractivity contribution in [2.45, 2.75) is 26.3 Å². The number of aliphatic carboxylic acids is 1. The summed E-state index contributed by atoms with van der Waals surface area (Å²) in [6.45, 7) is 3.63. The number of rotatable bonds is 8. The van der Waals surface area contributed by atoms with Crippen molar-refractivity contribution in [2.24, 2.45) is 5.92 Å². The van der Waals surface area contributed by atoms with Gasteiger partial charge < -0.3 is 15.7 Å². The van der Waals surface area contributed by atoms with E-state index in [-0.39, 0.29) is 17.4 Å². The summed E-state index contributed by atoms with van der Waals surface area (Å²) in [4.78, 5) is 28.3. The first-order valence-electron chi connectivity index (χ1n) is 11.0. The molecule has 1 heterocycles. The summed E-state index contributed by atoms with van der Waals surface area (Å²) in [5, 5.41) is 15.3. The van der Waals surface area contributed by atoms with E-state index in [0.717, 1.165) is 0 Å². The van der Waals surface area contributed by atoms with E-state index in [9.17, 15) is 23.5 Å². The number of hydrogen-bond acceptors (Lipinski definition) is 5. The molecule has 2 atom stereocenters. The third-order valence-electron chi connectivity index (χ3n) is 5.81. The lowest BCUT2D eigenvalue weighted by atomic mass is 9.98. The minimum absolute atomic E-state index is 0.213. The molecular formula is C26H23F2N3O3S. The molecular weight excluding hydrogens is 472 g/mol. The van der Waals surface area contributed by atoms with E-state index in [1.165, 1.54) is 29.5 Å². The zero-order valence-electron chi connectivity index (χ0n) is 19.0.